The maximum absolute atomic E-state index is 13.7. The molecule has 1 fully saturated rings. The first-order valence-electron chi connectivity index (χ1n) is 13.2. The number of nitrogens with one attached hydrogen (secondary N) is 1. The number of hydrogen-bond donors (Lipinski definition) is 1. The average molecular weight is 559 g/mol. The molecule has 1 N–H and O–H groups in total. The van der Waals surface area contributed by atoms with Crippen LogP contribution in [0.15, 0.2) is 72.1 Å². The summed E-state index contributed by atoms with van der Waals surface area (Å²) in [5, 5.41) is 10.1. The molecule has 0 spiro atoms. The second-order valence-corrected chi connectivity index (χ2v) is 11.9. The van der Waals surface area contributed by atoms with E-state index >= 15 is 0 Å². The Morgan fingerprint density at radius 3 is 2.74 bits per heavy atom. The number of aryl methyl sites for hydroxylation is 1. The van der Waals surface area contributed by atoms with Crippen LogP contribution in [0.25, 0.3) is 16.9 Å². The minimum Gasteiger partial charge on any atom is -0.376 e. The van der Waals surface area contributed by atoms with Crippen LogP contribution in [-0.2, 0) is 14.3 Å². The SMILES string of the molecule is Cc1cccc(-n2nc(-c3ccccc3)c3c2N(CC(=O)NC[C@@H]2CCCO2)C(=O)CS[C@@H]3c2cccs2)c1. The summed E-state index contributed by atoms with van der Waals surface area (Å²) in [5.74, 6) is 0.599. The Kier molecular flexibility index (Phi) is 7.54. The lowest BCUT2D eigenvalue weighted by Gasteiger charge is -2.23. The third kappa shape index (κ3) is 5.39. The van der Waals surface area contributed by atoms with Crippen LogP contribution in [0, 0.1) is 6.92 Å². The van der Waals surface area contributed by atoms with Crippen LogP contribution in [0.1, 0.15) is 34.1 Å². The number of fused-ring (bicyclic) bond motifs is 1. The van der Waals surface area contributed by atoms with Crippen molar-refractivity contribution in [2.75, 3.05) is 30.3 Å². The van der Waals surface area contributed by atoms with Gasteiger partial charge in [0, 0.05) is 29.2 Å². The number of carbonyl (C=O) groups excluding carboxylic acids is 2. The molecule has 0 saturated carbocycles. The molecule has 2 amide bonds. The monoisotopic (exact) mass is 558 g/mol. The van der Waals surface area contributed by atoms with Crippen LogP contribution in [0.4, 0.5) is 5.82 Å². The van der Waals surface area contributed by atoms with Gasteiger partial charge >= 0.3 is 0 Å². The van der Waals surface area contributed by atoms with Crippen molar-refractivity contribution >= 4 is 40.7 Å². The number of thioether (sulfide) groups is 1. The summed E-state index contributed by atoms with van der Waals surface area (Å²) >= 11 is 3.26. The van der Waals surface area contributed by atoms with Crippen molar-refractivity contribution in [2.24, 2.45) is 0 Å². The maximum Gasteiger partial charge on any atom is 0.240 e. The van der Waals surface area contributed by atoms with E-state index in [-0.39, 0.29) is 35.5 Å². The maximum atomic E-state index is 13.7. The number of amides is 2. The standard InChI is InChI=1S/C30H30N4O3S2/c1-20-8-5-11-22(16-20)34-30-27(28(32-34)21-9-3-2-4-10-21)29(24-13-7-15-38-24)39-19-26(36)33(30)18-25(35)31-17-23-12-6-14-37-23/h2-5,7-11,13,15-16,23,29H,6,12,14,17-19H2,1H3,(H,31,35)/t23-,29+/m0/s1. The highest BCUT2D eigenvalue weighted by atomic mass is 32.2. The van der Waals surface area contributed by atoms with Crippen molar-refractivity contribution in [3.8, 4) is 16.9 Å². The molecule has 2 aromatic carbocycles. The number of thiophene rings is 1. The Balaban J connectivity index is 1.50. The first-order valence-corrected chi connectivity index (χ1v) is 15.1. The molecule has 4 heterocycles. The van der Waals surface area contributed by atoms with Crippen molar-refractivity contribution in [1.29, 1.82) is 0 Å². The Morgan fingerprint density at radius 1 is 1.13 bits per heavy atom. The van der Waals surface area contributed by atoms with Crippen molar-refractivity contribution in [3.63, 3.8) is 0 Å². The van der Waals surface area contributed by atoms with E-state index in [0.717, 1.165) is 52.4 Å². The molecule has 4 aromatic rings. The fourth-order valence-corrected chi connectivity index (χ4v) is 7.34. The molecule has 2 aromatic heterocycles. The minimum atomic E-state index is -0.206. The van der Waals surface area contributed by atoms with Gasteiger partial charge in [-0.1, -0.05) is 48.5 Å². The zero-order valence-electron chi connectivity index (χ0n) is 21.7. The summed E-state index contributed by atoms with van der Waals surface area (Å²) in [6.07, 6.45) is 1.98. The number of aromatic nitrogens is 2. The van der Waals surface area contributed by atoms with E-state index in [9.17, 15) is 9.59 Å². The highest BCUT2D eigenvalue weighted by molar-refractivity contribution is 8.00. The third-order valence-electron chi connectivity index (χ3n) is 7.04. The molecule has 1 saturated heterocycles. The summed E-state index contributed by atoms with van der Waals surface area (Å²) in [4.78, 5) is 29.8. The van der Waals surface area contributed by atoms with E-state index < -0.39 is 0 Å². The van der Waals surface area contributed by atoms with Crippen LogP contribution < -0.4 is 10.2 Å². The smallest absolute Gasteiger partial charge is 0.240 e. The molecule has 2 aliphatic heterocycles. The van der Waals surface area contributed by atoms with E-state index in [4.69, 9.17) is 9.84 Å². The Morgan fingerprint density at radius 2 is 2.00 bits per heavy atom. The molecular weight excluding hydrogens is 528 g/mol. The normalized spacial score (nSPS) is 19.1. The second-order valence-electron chi connectivity index (χ2n) is 9.83. The van der Waals surface area contributed by atoms with Crippen molar-refractivity contribution in [2.45, 2.75) is 31.1 Å². The van der Waals surface area contributed by atoms with Gasteiger partial charge in [-0.25, -0.2) is 4.68 Å². The number of ether oxygens (including phenoxy) is 1. The zero-order chi connectivity index (χ0) is 26.8. The van der Waals surface area contributed by atoms with Crippen LogP contribution in [-0.4, -0.2) is 53.1 Å². The molecule has 2 aliphatic rings. The van der Waals surface area contributed by atoms with Gasteiger partial charge in [-0.15, -0.1) is 23.1 Å². The van der Waals surface area contributed by atoms with Crippen LogP contribution in [0.5, 0.6) is 0 Å². The second kappa shape index (κ2) is 11.4. The third-order valence-corrected chi connectivity index (χ3v) is 9.36. The molecule has 0 aliphatic carbocycles. The van der Waals surface area contributed by atoms with Gasteiger partial charge in [0.1, 0.15) is 12.4 Å². The number of benzene rings is 2. The molecule has 39 heavy (non-hydrogen) atoms. The Hall–Kier alpha value is -3.40. The van der Waals surface area contributed by atoms with Gasteiger partial charge < -0.3 is 10.1 Å². The van der Waals surface area contributed by atoms with Gasteiger partial charge in [-0.2, -0.15) is 5.10 Å². The van der Waals surface area contributed by atoms with Crippen LogP contribution in [0.2, 0.25) is 0 Å². The number of carbonyl (C=O) groups is 2. The molecule has 0 radical (unpaired) electrons. The van der Waals surface area contributed by atoms with E-state index in [1.807, 2.05) is 66.2 Å². The van der Waals surface area contributed by atoms with E-state index in [2.05, 4.69) is 22.8 Å². The van der Waals surface area contributed by atoms with E-state index in [0.29, 0.717) is 12.4 Å². The van der Waals surface area contributed by atoms with Crippen molar-refractivity contribution < 1.29 is 14.3 Å². The lowest BCUT2D eigenvalue weighted by Crippen LogP contribution is -2.44. The number of nitrogens with zero attached hydrogens (tertiary/aromatic N) is 3. The molecule has 200 valence electrons. The molecule has 7 nitrogen and oxygen atoms in total. The molecule has 6 rings (SSSR count). The fraction of sp³-hybridized carbons (Fsp3) is 0.300. The minimum absolute atomic E-state index is 0.0330. The topological polar surface area (TPSA) is 76.5 Å². The van der Waals surface area contributed by atoms with Gasteiger partial charge in [-0.3, -0.25) is 14.5 Å². The van der Waals surface area contributed by atoms with Gasteiger partial charge in [-0.05, 0) is 48.9 Å². The van der Waals surface area contributed by atoms with E-state index in [1.54, 1.807) is 28.0 Å². The van der Waals surface area contributed by atoms with Gasteiger partial charge in [0.05, 0.1) is 28.5 Å². The molecular formula is C30H30N4O3S2. The average Bonchev–Trinajstić information content (AvgIpc) is 3.72. The number of anilines is 1. The van der Waals surface area contributed by atoms with Crippen LogP contribution >= 0.6 is 23.1 Å². The zero-order valence-corrected chi connectivity index (χ0v) is 23.3. The Bertz CT molecular complexity index is 1460. The highest BCUT2D eigenvalue weighted by Gasteiger charge is 2.38. The number of rotatable bonds is 7. The molecule has 2 atom stereocenters. The lowest BCUT2D eigenvalue weighted by atomic mass is 10.0. The lowest BCUT2D eigenvalue weighted by molar-refractivity contribution is -0.123. The summed E-state index contributed by atoms with van der Waals surface area (Å²) in [6.45, 7) is 3.14. The molecule has 9 heteroatoms. The fourth-order valence-electron chi connectivity index (χ4n) is 5.17. The van der Waals surface area contributed by atoms with Gasteiger partial charge in [0.25, 0.3) is 0 Å². The van der Waals surface area contributed by atoms with E-state index in [1.165, 1.54) is 0 Å². The largest absolute Gasteiger partial charge is 0.376 e. The van der Waals surface area contributed by atoms with Gasteiger partial charge in [0.2, 0.25) is 11.8 Å². The first-order chi connectivity index (χ1) is 19.1. The quantitative estimate of drug-likeness (QED) is 0.330. The first kappa shape index (κ1) is 25.9. The van der Waals surface area contributed by atoms with Crippen molar-refractivity contribution in [3.05, 3.63) is 88.1 Å². The highest BCUT2D eigenvalue weighted by Crippen LogP contribution is 2.49. The predicted molar refractivity (Wildman–Crippen MR) is 157 cm³/mol. The summed E-state index contributed by atoms with van der Waals surface area (Å²) in [7, 11) is 0. The summed E-state index contributed by atoms with van der Waals surface area (Å²) in [5.41, 5.74) is 4.68. The number of hydrogen-bond acceptors (Lipinski definition) is 6. The summed E-state index contributed by atoms with van der Waals surface area (Å²) in [6, 6.07) is 22.3. The van der Waals surface area contributed by atoms with Gasteiger partial charge in [0.15, 0.2) is 0 Å². The summed E-state index contributed by atoms with van der Waals surface area (Å²) < 4.78 is 7.52. The van der Waals surface area contributed by atoms with Crippen LogP contribution in [0.3, 0.4) is 0 Å². The molecule has 0 bridgehead atoms. The molecule has 0 unspecified atom stereocenters. The predicted octanol–water partition coefficient (Wildman–Crippen LogP) is 5.37. The van der Waals surface area contributed by atoms with Crippen molar-refractivity contribution in [1.82, 2.24) is 15.1 Å². The Labute approximate surface area is 236 Å².